The first-order valence-electron chi connectivity index (χ1n) is 5.73. The van der Waals surface area contributed by atoms with Crippen molar-refractivity contribution in [2.45, 2.75) is 38.3 Å². The molecule has 5 nitrogen and oxygen atoms in total. The van der Waals surface area contributed by atoms with Crippen LogP contribution in [0.4, 0.5) is 5.69 Å². The van der Waals surface area contributed by atoms with E-state index in [0.29, 0.717) is 5.75 Å². The van der Waals surface area contributed by atoms with Crippen molar-refractivity contribution in [1.82, 2.24) is 0 Å². The lowest BCUT2D eigenvalue weighted by Crippen LogP contribution is -2.19. The normalized spacial score (nSPS) is 23.6. The molecule has 0 bridgehead atoms. The van der Waals surface area contributed by atoms with Crippen LogP contribution in [0.25, 0.3) is 0 Å². The van der Waals surface area contributed by atoms with Gasteiger partial charge in [0.25, 0.3) is 5.69 Å². The van der Waals surface area contributed by atoms with Gasteiger partial charge in [-0.15, -0.1) is 0 Å². The van der Waals surface area contributed by atoms with E-state index in [9.17, 15) is 10.1 Å². The summed E-state index contributed by atoms with van der Waals surface area (Å²) in [6, 6.07) is 5.01. The summed E-state index contributed by atoms with van der Waals surface area (Å²) in [6.45, 7) is 1.82. The first-order valence-corrected chi connectivity index (χ1v) is 5.73. The molecule has 5 heteroatoms. The van der Waals surface area contributed by atoms with Gasteiger partial charge in [0.05, 0.1) is 11.0 Å². The van der Waals surface area contributed by atoms with Gasteiger partial charge >= 0.3 is 0 Å². The number of benzene rings is 1. The Morgan fingerprint density at radius 3 is 2.76 bits per heavy atom. The number of ether oxygens (including phenoxy) is 1. The van der Waals surface area contributed by atoms with Crippen LogP contribution in [-0.2, 0) is 0 Å². The van der Waals surface area contributed by atoms with Crippen LogP contribution in [0, 0.1) is 17.0 Å². The number of hydrogen-bond acceptors (Lipinski definition) is 4. The van der Waals surface area contributed by atoms with Crippen molar-refractivity contribution in [2.75, 3.05) is 0 Å². The van der Waals surface area contributed by atoms with Crippen LogP contribution in [0.15, 0.2) is 18.2 Å². The number of aryl methyl sites for hydroxylation is 1. The Kier molecular flexibility index (Phi) is 3.28. The molecule has 2 rings (SSSR count). The SMILES string of the molecule is Cc1cc(OC2CCC(N)C2)cc([N+](=O)[O-])c1. The summed E-state index contributed by atoms with van der Waals surface area (Å²) in [7, 11) is 0. The molecular formula is C12H16N2O3. The molecule has 2 atom stereocenters. The number of nitro groups is 1. The molecule has 1 aliphatic carbocycles. The van der Waals surface area contributed by atoms with Gasteiger partial charge < -0.3 is 10.5 Å². The summed E-state index contributed by atoms with van der Waals surface area (Å²) in [4.78, 5) is 10.3. The van der Waals surface area contributed by atoms with Crippen LogP contribution in [0.3, 0.4) is 0 Å². The number of rotatable bonds is 3. The fraction of sp³-hybridized carbons (Fsp3) is 0.500. The van der Waals surface area contributed by atoms with E-state index in [1.165, 1.54) is 12.1 Å². The maximum atomic E-state index is 10.7. The highest BCUT2D eigenvalue weighted by molar-refractivity contribution is 5.42. The minimum absolute atomic E-state index is 0.0716. The minimum Gasteiger partial charge on any atom is -0.490 e. The lowest BCUT2D eigenvalue weighted by Gasteiger charge is -2.13. The van der Waals surface area contributed by atoms with E-state index in [0.717, 1.165) is 24.8 Å². The van der Waals surface area contributed by atoms with Crippen LogP contribution in [0.5, 0.6) is 5.75 Å². The van der Waals surface area contributed by atoms with E-state index in [2.05, 4.69) is 0 Å². The van der Waals surface area contributed by atoms with Crippen molar-refractivity contribution in [3.63, 3.8) is 0 Å². The average Bonchev–Trinajstić information content (AvgIpc) is 2.63. The number of nitro benzene ring substituents is 1. The van der Waals surface area contributed by atoms with Crippen LogP contribution in [0.2, 0.25) is 0 Å². The van der Waals surface area contributed by atoms with Gasteiger partial charge in [-0.05, 0) is 37.8 Å². The third kappa shape index (κ3) is 2.94. The summed E-state index contributed by atoms with van der Waals surface area (Å²) in [5.41, 5.74) is 6.70. The first-order chi connectivity index (χ1) is 8.04. The Bertz CT molecular complexity index is 434. The third-order valence-corrected chi connectivity index (χ3v) is 2.97. The van der Waals surface area contributed by atoms with Crippen molar-refractivity contribution < 1.29 is 9.66 Å². The van der Waals surface area contributed by atoms with Crippen molar-refractivity contribution in [2.24, 2.45) is 5.73 Å². The zero-order valence-corrected chi connectivity index (χ0v) is 9.76. The summed E-state index contributed by atoms with van der Waals surface area (Å²) in [6.07, 6.45) is 2.79. The van der Waals surface area contributed by atoms with Gasteiger partial charge in [-0.25, -0.2) is 0 Å². The summed E-state index contributed by atoms with van der Waals surface area (Å²) in [5.74, 6) is 0.566. The Labute approximate surface area is 99.7 Å². The zero-order chi connectivity index (χ0) is 12.4. The fourth-order valence-electron chi connectivity index (χ4n) is 2.17. The summed E-state index contributed by atoms with van der Waals surface area (Å²) < 4.78 is 5.73. The molecule has 1 aliphatic rings. The predicted molar refractivity (Wildman–Crippen MR) is 64.1 cm³/mol. The predicted octanol–water partition coefficient (Wildman–Crippen LogP) is 2.16. The molecule has 0 amide bonds. The molecule has 17 heavy (non-hydrogen) atoms. The van der Waals surface area contributed by atoms with E-state index in [1.54, 1.807) is 0 Å². The van der Waals surface area contributed by atoms with Gasteiger partial charge in [-0.3, -0.25) is 10.1 Å². The average molecular weight is 236 g/mol. The Morgan fingerprint density at radius 2 is 2.18 bits per heavy atom. The highest BCUT2D eigenvalue weighted by atomic mass is 16.6. The second-order valence-corrected chi connectivity index (χ2v) is 4.57. The molecule has 1 aromatic carbocycles. The highest BCUT2D eigenvalue weighted by Gasteiger charge is 2.23. The summed E-state index contributed by atoms with van der Waals surface area (Å²) >= 11 is 0. The Hall–Kier alpha value is -1.62. The van der Waals surface area contributed by atoms with Crippen LogP contribution >= 0.6 is 0 Å². The number of non-ortho nitro benzene ring substituents is 1. The minimum atomic E-state index is -0.403. The molecule has 2 N–H and O–H groups in total. The van der Waals surface area contributed by atoms with Crippen LogP contribution in [-0.4, -0.2) is 17.1 Å². The molecule has 0 spiro atoms. The van der Waals surface area contributed by atoms with Crippen LogP contribution < -0.4 is 10.5 Å². The Balaban J connectivity index is 2.12. The van der Waals surface area contributed by atoms with Gasteiger partial charge in [0.1, 0.15) is 11.9 Å². The van der Waals surface area contributed by atoms with E-state index >= 15 is 0 Å². The lowest BCUT2D eigenvalue weighted by molar-refractivity contribution is -0.385. The van der Waals surface area contributed by atoms with E-state index in [1.807, 2.05) is 13.0 Å². The number of nitrogens with zero attached hydrogens (tertiary/aromatic N) is 1. The van der Waals surface area contributed by atoms with Crippen molar-refractivity contribution in [3.8, 4) is 5.75 Å². The molecule has 0 saturated heterocycles. The fourth-order valence-corrected chi connectivity index (χ4v) is 2.17. The molecule has 0 aliphatic heterocycles. The van der Waals surface area contributed by atoms with Crippen molar-refractivity contribution in [1.29, 1.82) is 0 Å². The largest absolute Gasteiger partial charge is 0.490 e. The van der Waals surface area contributed by atoms with Crippen molar-refractivity contribution >= 4 is 5.69 Å². The molecule has 1 saturated carbocycles. The van der Waals surface area contributed by atoms with E-state index in [-0.39, 0.29) is 17.8 Å². The van der Waals surface area contributed by atoms with Gasteiger partial charge in [-0.2, -0.15) is 0 Å². The van der Waals surface area contributed by atoms with Crippen molar-refractivity contribution in [3.05, 3.63) is 33.9 Å². The second kappa shape index (κ2) is 4.71. The highest BCUT2D eigenvalue weighted by Crippen LogP contribution is 2.27. The van der Waals surface area contributed by atoms with Gasteiger partial charge in [0.2, 0.25) is 0 Å². The number of hydrogen-bond donors (Lipinski definition) is 1. The topological polar surface area (TPSA) is 78.4 Å². The quantitative estimate of drug-likeness (QED) is 0.644. The number of nitrogens with two attached hydrogens (primary N) is 1. The molecular weight excluding hydrogens is 220 g/mol. The first kappa shape index (κ1) is 11.9. The van der Waals surface area contributed by atoms with Crippen LogP contribution in [0.1, 0.15) is 24.8 Å². The standard InChI is InChI=1S/C12H16N2O3/c1-8-4-10(14(15)16)7-12(5-8)17-11-3-2-9(13)6-11/h4-5,7,9,11H,2-3,6,13H2,1H3. The maximum Gasteiger partial charge on any atom is 0.273 e. The molecule has 0 radical (unpaired) electrons. The molecule has 2 unspecified atom stereocenters. The monoisotopic (exact) mass is 236 g/mol. The molecule has 1 aromatic rings. The molecule has 1 fully saturated rings. The van der Waals surface area contributed by atoms with E-state index < -0.39 is 4.92 Å². The van der Waals surface area contributed by atoms with Gasteiger partial charge in [0.15, 0.2) is 0 Å². The second-order valence-electron chi connectivity index (χ2n) is 4.57. The van der Waals surface area contributed by atoms with Gasteiger partial charge in [-0.1, -0.05) is 0 Å². The smallest absolute Gasteiger partial charge is 0.273 e. The molecule has 92 valence electrons. The van der Waals surface area contributed by atoms with Gasteiger partial charge in [0, 0.05) is 12.1 Å². The third-order valence-electron chi connectivity index (χ3n) is 2.97. The van der Waals surface area contributed by atoms with E-state index in [4.69, 9.17) is 10.5 Å². The zero-order valence-electron chi connectivity index (χ0n) is 9.76. The molecule has 0 aromatic heterocycles. The summed E-state index contributed by atoms with van der Waals surface area (Å²) in [5, 5.41) is 10.7. The maximum absolute atomic E-state index is 10.7. The Morgan fingerprint density at radius 1 is 1.41 bits per heavy atom. The lowest BCUT2D eigenvalue weighted by atomic mass is 10.2. The molecule has 0 heterocycles.